The molecule has 0 unspecified atom stereocenters. The summed E-state index contributed by atoms with van der Waals surface area (Å²) < 4.78 is 10.3. The maximum Gasteiger partial charge on any atom is 0.257 e. The molecule has 6 nitrogen and oxygen atoms in total. The molecule has 0 aliphatic carbocycles. The number of rotatable bonds is 5. The number of nitrogens with zero attached hydrogens (tertiary/aromatic N) is 1. The average Bonchev–Trinajstić information content (AvgIpc) is 2.91. The van der Waals surface area contributed by atoms with Gasteiger partial charge in [-0.15, -0.1) is 0 Å². The molecule has 2 amide bonds. The third kappa shape index (κ3) is 3.34. The molecule has 0 bridgehead atoms. The van der Waals surface area contributed by atoms with Crippen molar-refractivity contribution in [2.75, 3.05) is 33.9 Å². The van der Waals surface area contributed by atoms with Crippen LogP contribution < -0.4 is 10.5 Å². The van der Waals surface area contributed by atoms with Crippen molar-refractivity contribution in [3.05, 3.63) is 28.8 Å². The molecule has 1 fully saturated rings. The highest BCUT2D eigenvalue weighted by molar-refractivity contribution is 6.31. The van der Waals surface area contributed by atoms with Crippen LogP contribution in [0.4, 0.5) is 0 Å². The van der Waals surface area contributed by atoms with Gasteiger partial charge in [0.15, 0.2) is 0 Å². The van der Waals surface area contributed by atoms with Gasteiger partial charge in [-0.2, -0.15) is 0 Å². The van der Waals surface area contributed by atoms with Crippen molar-refractivity contribution in [1.82, 2.24) is 4.90 Å². The third-order valence-corrected chi connectivity index (χ3v) is 4.10. The number of primary amides is 1. The van der Waals surface area contributed by atoms with Gasteiger partial charge in [0.05, 0.1) is 25.2 Å². The maximum atomic E-state index is 12.7. The van der Waals surface area contributed by atoms with Gasteiger partial charge in [-0.25, -0.2) is 0 Å². The van der Waals surface area contributed by atoms with Gasteiger partial charge in [0, 0.05) is 31.1 Å². The van der Waals surface area contributed by atoms with Crippen molar-refractivity contribution < 1.29 is 19.1 Å². The molecule has 0 saturated carbocycles. The number of nitrogens with two attached hydrogens (primary N) is 1. The van der Waals surface area contributed by atoms with E-state index >= 15 is 0 Å². The van der Waals surface area contributed by atoms with Crippen molar-refractivity contribution in [3.8, 4) is 5.75 Å². The summed E-state index contributed by atoms with van der Waals surface area (Å²) in [6, 6.07) is 4.86. The number of methoxy groups -OCH3 is 2. The molecular formula is C15H19ClN2O4. The fourth-order valence-electron chi connectivity index (χ4n) is 2.76. The molecule has 1 aromatic carbocycles. The van der Waals surface area contributed by atoms with E-state index in [0.717, 1.165) is 0 Å². The predicted molar refractivity (Wildman–Crippen MR) is 82.0 cm³/mol. The molecule has 0 radical (unpaired) electrons. The van der Waals surface area contributed by atoms with Crippen molar-refractivity contribution in [1.29, 1.82) is 0 Å². The van der Waals surface area contributed by atoms with Crippen LogP contribution in [0.2, 0.25) is 5.02 Å². The minimum absolute atomic E-state index is 0.100. The normalized spacial score (nSPS) is 21.0. The third-order valence-electron chi connectivity index (χ3n) is 3.87. The SMILES string of the molecule is COC[C@@H]1CN(C(=O)c2cc(Cl)ccc2OC)C[C@H]1C(N)=O. The van der Waals surface area contributed by atoms with E-state index in [-0.39, 0.29) is 18.4 Å². The Hall–Kier alpha value is -1.79. The van der Waals surface area contributed by atoms with Gasteiger partial charge < -0.3 is 20.1 Å². The van der Waals surface area contributed by atoms with E-state index in [0.29, 0.717) is 29.5 Å². The van der Waals surface area contributed by atoms with Crippen molar-refractivity contribution in [2.45, 2.75) is 0 Å². The van der Waals surface area contributed by atoms with Gasteiger partial charge in [0.1, 0.15) is 5.75 Å². The van der Waals surface area contributed by atoms with Gasteiger partial charge >= 0.3 is 0 Å². The Morgan fingerprint density at radius 1 is 1.36 bits per heavy atom. The van der Waals surface area contributed by atoms with E-state index in [1.54, 1.807) is 30.2 Å². The van der Waals surface area contributed by atoms with Crippen LogP contribution in [0.5, 0.6) is 5.75 Å². The zero-order valence-corrected chi connectivity index (χ0v) is 13.3. The lowest BCUT2D eigenvalue weighted by Crippen LogP contribution is -2.32. The van der Waals surface area contributed by atoms with Gasteiger partial charge in [-0.3, -0.25) is 9.59 Å². The molecule has 0 spiro atoms. The summed E-state index contributed by atoms with van der Waals surface area (Å²) in [5.74, 6) is -0.717. The lowest BCUT2D eigenvalue weighted by molar-refractivity contribution is -0.122. The van der Waals surface area contributed by atoms with Gasteiger partial charge in [-0.05, 0) is 18.2 Å². The second-order valence-electron chi connectivity index (χ2n) is 5.28. The molecule has 1 aromatic rings. The van der Waals surface area contributed by atoms with Crippen molar-refractivity contribution >= 4 is 23.4 Å². The zero-order valence-electron chi connectivity index (χ0n) is 12.5. The second-order valence-corrected chi connectivity index (χ2v) is 5.72. The number of ether oxygens (including phenoxy) is 2. The summed E-state index contributed by atoms with van der Waals surface area (Å²) in [6.07, 6.45) is 0. The molecule has 2 N–H and O–H groups in total. The van der Waals surface area contributed by atoms with Crippen LogP contribution in [0.3, 0.4) is 0 Å². The van der Waals surface area contributed by atoms with Crippen LogP contribution in [0.15, 0.2) is 18.2 Å². The van der Waals surface area contributed by atoms with E-state index in [1.165, 1.54) is 7.11 Å². The van der Waals surface area contributed by atoms with Gasteiger partial charge in [0.25, 0.3) is 5.91 Å². The van der Waals surface area contributed by atoms with E-state index in [4.69, 9.17) is 26.8 Å². The van der Waals surface area contributed by atoms with E-state index in [9.17, 15) is 9.59 Å². The summed E-state index contributed by atoms with van der Waals surface area (Å²) in [5.41, 5.74) is 5.79. The smallest absolute Gasteiger partial charge is 0.257 e. The number of amides is 2. The molecule has 1 heterocycles. The van der Waals surface area contributed by atoms with Crippen molar-refractivity contribution in [2.24, 2.45) is 17.6 Å². The minimum Gasteiger partial charge on any atom is -0.496 e. The number of likely N-dealkylation sites (tertiary alicyclic amines) is 1. The fraction of sp³-hybridized carbons (Fsp3) is 0.467. The highest BCUT2D eigenvalue weighted by Gasteiger charge is 2.39. The molecule has 1 aliphatic rings. The maximum absolute atomic E-state index is 12.7. The molecular weight excluding hydrogens is 308 g/mol. The largest absolute Gasteiger partial charge is 0.496 e. The lowest BCUT2D eigenvalue weighted by atomic mass is 9.96. The first-order valence-electron chi connectivity index (χ1n) is 6.89. The number of benzene rings is 1. The Morgan fingerprint density at radius 3 is 2.68 bits per heavy atom. The number of halogens is 1. The van der Waals surface area contributed by atoms with Crippen LogP contribution in [0.25, 0.3) is 0 Å². The van der Waals surface area contributed by atoms with Crippen LogP contribution in [-0.4, -0.2) is 50.6 Å². The first-order valence-corrected chi connectivity index (χ1v) is 7.26. The van der Waals surface area contributed by atoms with E-state index in [2.05, 4.69) is 0 Å². The summed E-state index contributed by atoms with van der Waals surface area (Å²) in [6.45, 7) is 1.07. The average molecular weight is 327 g/mol. The first kappa shape index (κ1) is 16.6. The standard InChI is InChI=1S/C15H19ClN2O4/c1-21-8-9-6-18(7-12(9)14(17)19)15(20)11-5-10(16)3-4-13(11)22-2/h3-5,9,12H,6-8H2,1-2H3,(H2,17,19)/t9-,12+/m0/s1. The van der Waals surface area contributed by atoms with Gasteiger partial charge in [0.2, 0.25) is 5.91 Å². The summed E-state index contributed by atoms with van der Waals surface area (Å²) in [5, 5.41) is 0.447. The number of carbonyl (C=O) groups is 2. The van der Waals surface area contributed by atoms with Crippen LogP contribution in [-0.2, 0) is 9.53 Å². The zero-order chi connectivity index (χ0) is 16.3. The minimum atomic E-state index is -0.421. The Bertz CT molecular complexity index is 579. The van der Waals surface area contributed by atoms with Crippen LogP contribution in [0, 0.1) is 11.8 Å². The topological polar surface area (TPSA) is 81.9 Å². The molecule has 120 valence electrons. The molecule has 2 atom stereocenters. The number of hydrogen-bond acceptors (Lipinski definition) is 4. The molecule has 0 aromatic heterocycles. The Balaban J connectivity index is 2.23. The second kappa shape index (κ2) is 6.98. The Morgan fingerprint density at radius 2 is 2.09 bits per heavy atom. The highest BCUT2D eigenvalue weighted by Crippen LogP contribution is 2.29. The number of carbonyl (C=O) groups excluding carboxylic acids is 2. The van der Waals surface area contributed by atoms with Gasteiger partial charge in [-0.1, -0.05) is 11.6 Å². The Labute approximate surface area is 134 Å². The lowest BCUT2D eigenvalue weighted by Gasteiger charge is -2.18. The summed E-state index contributed by atoms with van der Waals surface area (Å²) in [7, 11) is 3.05. The van der Waals surface area contributed by atoms with Crippen LogP contribution in [0.1, 0.15) is 10.4 Å². The summed E-state index contributed by atoms with van der Waals surface area (Å²) in [4.78, 5) is 25.8. The molecule has 22 heavy (non-hydrogen) atoms. The van der Waals surface area contributed by atoms with Crippen LogP contribution >= 0.6 is 11.6 Å². The van der Waals surface area contributed by atoms with E-state index in [1.807, 2.05) is 0 Å². The highest BCUT2D eigenvalue weighted by atomic mass is 35.5. The Kier molecular flexibility index (Phi) is 5.26. The quantitative estimate of drug-likeness (QED) is 0.880. The molecule has 2 rings (SSSR count). The molecule has 1 aliphatic heterocycles. The van der Waals surface area contributed by atoms with Crippen molar-refractivity contribution in [3.63, 3.8) is 0 Å². The molecule has 1 saturated heterocycles. The number of hydrogen-bond donors (Lipinski definition) is 1. The first-order chi connectivity index (χ1) is 10.5. The predicted octanol–water partition coefficient (Wildman–Crippen LogP) is 1.17. The summed E-state index contributed by atoms with van der Waals surface area (Å²) >= 11 is 5.96. The van der Waals surface area contributed by atoms with E-state index < -0.39 is 11.8 Å². The monoisotopic (exact) mass is 326 g/mol. The molecule has 7 heteroatoms. The fourth-order valence-corrected chi connectivity index (χ4v) is 2.93.